The Balaban J connectivity index is 2.02. The van der Waals surface area contributed by atoms with Crippen LogP contribution >= 0.6 is 11.6 Å². The van der Waals surface area contributed by atoms with Gasteiger partial charge in [-0.2, -0.15) is 10.1 Å². The number of aryl methyl sites for hydroxylation is 1. The van der Waals surface area contributed by atoms with Crippen molar-refractivity contribution in [3.8, 4) is 11.5 Å². The number of carbonyl (C=O) groups is 1. The molecule has 9 heteroatoms. The number of methoxy groups -OCH3 is 1. The molecule has 0 saturated heterocycles. The SMILES string of the molecule is COc1cc(/C=C2/C(=O)N(c3nc(C)cc(=O)[nH]3)N=C2C)cc(Cl)c1O. The van der Waals surface area contributed by atoms with Gasteiger partial charge in [-0.25, -0.2) is 4.98 Å². The van der Waals surface area contributed by atoms with E-state index in [1.807, 2.05) is 0 Å². The number of benzene rings is 1. The molecule has 8 nitrogen and oxygen atoms in total. The number of rotatable bonds is 3. The van der Waals surface area contributed by atoms with Crippen molar-refractivity contribution in [3.05, 3.63) is 50.4 Å². The number of hydrogen-bond donors (Lipinski definition) is 2. The lowest BCUT2D eigenvalue weighted by molar-refractivity contribution is -0.114. The number of aromatic amines is 1. The van der Waals surface area contributed by atoms with Crippen LogP contribution < -0.4 is 15.3 Å². The third-order valence-corrected chi connectivity index (χ3v) is 3.99. The molecule has 0 atom stereocenters. The van der Waals surface area contributed by atoms with Gasteiger partial charge in [-0.05, 0) is 37.6 Å². The standard InChI is InChI=1S/C17H15ClN4O4/c1-8-4-14(23)20-17(19-8)22-16(25)11(9(2)21-22)5-10-6-12(18)15(24)13(7-10)26-3/h4-7,24H,1-3H3,(H,19,20,23)/b11-5+. The number of phenolic OH excluding ortho intramolecular Hbond substituents is 1. The third-order valence-electron chi connectivity index (χ3n) is 3.70. The molecule has 1 aliphatic heterocycles. The van der Waals surface area contributed by atoms with Crippen molar-refractivity contribution in [2.45, 2.75) is 13.8 Å². The topological polar surface area (TPSA) is 108 Å². The lowest BCUT2D eigenvalue weighted by Crippen LogP contribution is -2.26. The van der Waals surface area contributed by atoms with E-state index in [0.717, 1.165) is 5.01 Å². The van der Waals surface area contributed by atoms with Gasteiger partial charge in [-0.3, -0.25) is 14.6 Å². The average Bonchev–Trinajstić information content (AvgIpc) is 2.85. The van der Waals surface area contributed by atoms with Crippen molar-refractivity contribution in [1.82, 2.24) is 9.97 Å². The van der Waals surface area contributed by atoms with E-state index in [4.69, 9.17) is 16.3 Å². The maximum absolute atomic E-state index is 12.7. The van der Waals surface area contributed by atoms with Crippen molar-refractivity contribution in [2.24, 2.45) is 5.10 Å². The number of hydrogen-bond acceptors (Lipinski definition) is 6. The van der Waals surface area contributed by atoms with Gasteiger partial charge in [0.05, 0.1) is 23.4 Å². The molecule has 2 heterocycles. The zero-order valence-electron chi connectivity index (χ0n) is 14.2. The van der Waals surface area contributed by atoms with Gasteiger partial charge in [-0.15, -0.1) is 0 Å². The second-order valence-corrected chi connectivity index (χ2v) is 6.03. The number of amides is 1. The minimum absolute atomic E-state index is 0.0454. The number of halogens is 1. The summed E-state index contributed by atoms with van der Waals surface area (Å²) in [5.41, 5.74) is 1.40. The number of aromatic nitrogens is 2. The first kappa shape index (κ1) is 17.7. The molecule has 1 aromatic heterocycles. The van der Waals surface area contributed by atoms with Crippen LogP contribution in [0.5, 0.6) is 11.5 Å². The molecule has 0 aliphatic carbocycles. The van der Waals surface area contributed by atoms with Crippen LogP contribution in [-0.4, -0.2) is 33.8 Å². The molecule has 134 valence electrons. The van der Waals surface area contributed by atoms with E-state index in [2.05, 4.69) is 15.1 Å². The van der Waals surface area contributed by atoms with Crippen molar-refractivity contribution in [2.75, 3.05) is 12.1 Å². The van der Waals surface area contributed by atoms with E-state index in [9.17, 15) is 14.7 Å². The number of aromatic hydroxyl groups is 1. The number of H-pyrrole nitrogens is 1. The lowest BCUT2D eigenvalue weighted by atomic mass is 10.1. The van der Waals surface area contributed by atoms with Crippen LogP contribution in [-0.2, 0) is 4.79 Å². The Labute approximate surface area is 153 Å². The quantitative estimate of drug-likeness (QED) is 0.801. The van der Waals surface area contributed by atoms with Gasteiger partial charge in [0.15, 0.2) is 11.5 Å². The van der Waals surface area contributed by atoms with E-state index in [1.165, 1.54) is 19.2 Å². The first-order chi connectivity index (χ1) is 12.3. The van der Waals surface area contributed by atoms with E-state index in [-0.39, 0.29) is 28.0 Å². The number of carbonyl (C=O) groups excluding carboxylic acids is 1. The summed E-state index contributed by atoms with van der Waals surface area (Å²) in [7, 11) is 1.40. The van der Waals surface area contributed by atoms with Gasteiger partial charge in [-0.1, -0.05) is 11.6 Å². The summed E-state index contributed by atoms with van der Waals surface area (Å²) < 4.78 is 5.06. The predicted octanol–water partition coefficient (Wildman–Crippen LogP) is 2.25. The van der Waals surface area contributed by atoms with Crippen LogP contribution in [0.15, 0.2) is 33.7 Å². The Morgan fingerprint density at radius 3 is 2.65 bits per heavy atom. The Hall–Kier alpha value is -3.13. The highest BCUT2D eigenvalue weighted by Crippen LogP contribution is 2.36. The summed E-state index contributed by atoms with van der Waals surface area (Å²) in [6.07, 6.45) is 1.57. The maximum atomic E-state index is 12.7. The van der Waals surface area contributed by atoms with Gasteiger partial charge in [0, 0.05) is 11.8 Å². The molecular weight excluding hydrogens is 360 g/mol. The average molecular weight is 375 g/mol. The second kappa shape index (κ2) is 6.64. The number of phenols is 1. The summed E-state index contributed by atoms with van der Waals surface area (Å²) in [5.74, 6) is -0.392. The molecule has 0 radical (unpaired) electrons. The van der Waals surface area contributed by atoms with Crippen molar-refractivity contribution in [3.63, 3.8) is 0 Å². The summed E-state index contributed by atoms with van der Waals surface area (Å²) in [6, 6.07) is 4.37. The largest absolute Gasteiger partial charge is 0.503 e. The Kier molecular flexibility index (Phi) is 4.52. The number of anilines is 1. The molecule has 1 aromatic carbocycles. The van der Waals surface area contributed by atoms with Crippen LogP contribution in [0.25, 0.3) is 6.08 Å². The number of ether oxygens (including phenoxy) is 1. The normalized spacial score (nSPS) is 15.5. The molecule has 0 bridgehead atoms. The fourth-order valence-electron chi connectivity index (χ4n) is 2.49. The van der Waals surface area contributed by atoms with Crippen LogP contribution in [0, 0.1) is 6.92 Å². The molecule has 0 spiro atoms. The number of nitrogens with zero attached hydrogens (tertiary/aromatic N) is 3. The molecule has 1 aliphatic rings. The van der Waals surface area contributed by atoms with Crippen LogP contribution in [0.4, 0.5) is 5.95 Å². The highest BCUT2D eigenvalue weighted by molar-refractivity contribution is 6.33. The van der Waals surface area contributed by atoms with Crippen LogP contribution in [0.1, 0.15) is 18.2 Å². The first-order valence-corrected chi connectivity index (χ1v) is 7.94. The van der Waals surface area contributed by atoms with E-state index >= 15 is 0 Å². The summed E-state index contributed by atoms with van der Waals surface area (Å²) >= 11 is 5.98. The molecule has 0 unspecified atom stereocenters. The summed E-state index contributed by atoms with van der Waals surface area (Å²) in [5, 5.41) is 15.1. The van der Waals surface area contributed by atoms with Gasteiger partial charge >= 0.3 is 0 Å². The van der Waals surface area contributed by atoms with E-state index in [1.54, 1.807) is 26.0 Å². The van der Waals surface area contributed by atoms with Crippen LogP contribution in [0.2, 0.25) is 5.02 Å². The zero-order chi connectivity index (χ0) is 19.0. The van der Waals surface area contributed by atoms with Gasteiger partial charge in [0.1, 0.15) is 0 Å². The molecule has 26 heavy (non-hydrogen) atoms. The maximum Gasteiger partial charge on any atom is 0.283 e. The highest BCUT2D eigenvalue weighted by Gasteiger charge is 2.30. The summed E-state index contributed by atoms with van der Waals surface area (Å²) in [4.78, 5) is 31.0. The first-order valence-electron chi connectivity index (χ1n) is 7.56. The Morgan fingerprint density at radius 2 is 2.00 bits per heavy atom. The fourth-order valence-corrected chi connectivity index (χ4v) is 2.71. The van der Waals surface area contributed by atoms with Crippen molar-refractivity contribution in [1.29, 1.82) is 0 Å². The van der Waals surface area contributed by atoms with Crippen LogP contribution in [0.3, 0.4) is 0 Å². The van der Waals surface area contributed by atoms with Crippen molar-refractivity contribution < 1.29 is 14.6 Å². The molecule has 0 saturated carbocycles. The molecule has 3 rings (SSSR count). The molecule has 2 N–H and O–H groups in total. The lowest BCUT2D eigenvalue weighted by Gasteiger charge is -2.10. The third kappa shape index (κ3) is 3.18. The molecule has 1 amide bonds. The minimum atomic E-state index is -0.445. The summed E-state index contributed by atoms with van der Waals surface area (Å²) in [6.45, 7) is 3.31. The zero-order valence-corrected chi connectivity index (χ0v) is 15.0. The fraction of sp³-hybridized carbons (Fsp3) is 0.176. The molecular formula is C17H15ClN4O4. The Bertz CT molecular complexity index is 1030. The van der Waals surface area contributed by atoms with E-state index in [0.29, 0.717) is 22.5 Å². The minimum Gasteiger partial charge on any atom is -0.503 e. The molecule has 0 fully saturated rings. The monoisotopic (exact) mass is 374 g/mol. The van der Waals surface area contributed by atoms with E-state index < -0.39 is 5.91 Å². The Morgan fingerprint density at radius 1 is 1.27 bits per heavy atom. The van der Waals surface area contributed by atoms with Crippen molar-refractivity contribution >= 4 is 35.2 Å². The highest BCUT2D eigenvalue weighted by atomic mass is 35.5. The smallest absolute Gasteiger partial charge is 0.283 e. The van der Waals surface area contributed by atoms with Gasteiger partial charge < -0.3 is 9.84 Å². The van der Waals surface area contributed by atoms with Gasteiger partial charge in [0.25, 0.3) is 11.5 Å². The number of hydrazone groups is 1. The second-order valence-electron chi connectivity index (χ2n) is 5.62. The number of nitrogens with one attached hydrogen (secondary N) is 1. The molecule has 2 aromatic rings. The predicted molar refractivity (Wildman–Crippen MR) is 97.8 cm³/mol. The van der Waals surface area contributed by atoms with Gasteiger partial charge in [0.2, 0.25) is 5.95 Å².